The zero-order valence-corrected chi connectivity index (χ0v) is 13.3. The smallest absolute Gasteiger partial charge is 0.0203 e. The third-order valence-electron chi connectivity index (χ3n) is 6.40. The van der Waals surface area contributed by atoms with Crippen LogP contribution in [0.4, 0.5) is 0 Å². The quantitative estimate of drug-likeness (QED) is 0.783. The predicted octanol–water partition coefficient (Wildman–Crippen LogP) is 3.13. The number of hydrogen-bond acceptors (Lipinski definition) is 2. The Hall–Kier alpha value is -0.0800. The molecule has 2 nitrogen and oxygen atoms in total. The summed E-state index contributed by atoms with van der Waals surface area (Å²) in [5, 5.41) is 3.59. The summed E-state index contributed by atoms with van der Waals surface area (Å²) in [6.07, 6.45) is 5.74. The fourth-order valence-corrected chi connectivity index (χ4v) is 5.73. The average Bonchev–Trinajstić information content (AvgIpc) is 2.76. The third kappa shape index (κ3) is 2.25. The van der Waals surface area contributed by atoms with Crippen molar-refractivity contribution in [1.29, 1.82) is 0 Å². The van der Waals surface area contributed by atoms with Crippen molar-refractivity contribution in [2.24, 2.45) is 22.7 Å². The van der Waals surface area contributed by atoms with E-state index < -0.39 is 0 Å². The van der Waals surface area contributed by atoms with Crippen LogP contribution < -0.4 is 5.32 Å². The fourth-order valence-electron chi connectivity index (χ4n) is 5.73. The van der Waals surface area contributed by atoms with Gasteiger partial charge >= 0.3 is 0 Å². The fraction of sp³-hybridized carbons (Fsp3) is 1.00. The number of nitrogens with zero attached hydrogens (tertiary/aromatic N) is 1. The van der Waals surface area contributed by atoms with Gasteiger partial charge in [-0.3, -0.25) is 4.90 Å². The SMILES string of the molecule is CC1CNCCCN(C2C3(C)CCC(C3)C2(C)C)C1. The predicted molar refractivity (Wildman–Crippen MR) is 81.2 cm³/mol. The van der Waals surface area contributed by atoms with Crippen LogP contribution in [0.3, 0.4) is 0 Å². The van der Waals surface area contributed by atoms with E-state index in [1.54, 1.807) is 0 Å². The van der Waals surface area contributed by atoms with Gasteiger partial charge in [-0.2, -0.15) is 0 Å². The minimum Gasteiger partial charge on any atom is -0.316 e. The molecule has 0 spiro atoms. The van der Waals surface area contributed by atoms with Gasteiger partial charge in [-0.25, -0.2) is 0 Å². The Labute approximate surface area is 119 Å². The molecule has 3 aliphatic rings. The Bertz CT molecular complexity index is 333. The van der Waals surface area contributed by atoms with Crippen LogP contribution in [0.25, 0.3) is 0 Å². The Kier molecular flexibility index (Phi) is 3.46. The van der Waals surface area contributed by atoms with E-state index >= 15 is 0 Å². The Morgan fingerprint density at radius 1 is 1.21 bits per heavy atom. The van der Waals surface area contributed by atoms with E-state index in [0.29, 0.717) is 10.8 Å². The van der Waals surface area contributed by atoms with Gasteiger partial charge in [0.05, 0.1) is 0 Å². The lowest BCUT2D eigenvalue weighted by Gasteiger charge is -2.50. The van der Waals surface area contributed by atoms with E-state index in [0.717, 1.165) is 17.9 Å². The van der Waals surface area contributed by atoms with Gasteiger partial charge in [-0.15, -0.1) is 0 Å². The maximum absolute atomic E-state index is 3.59. The minimum atomic E-state index is 0.527. The number of fused-ring (bicyclic) bond motifs is 2. The topological polar surface area (TPSA) is 15.3 Å². The van der Waals surface area contributed by atoms with Crippen LogP contribution in [0.15, 0.2) is 0 Å². The van der Waals surface area contributed by atoms with Gasteiger partial charge in [-0.05, 0) is 68.0 Å². The molecule has 0 amide bonds. The molecular formula is C17H32N2. The number of nitrogens with one attached hydrogen (secondary N) is 1. The molecule has 0 aromatic carbocycles. The monoisotopic (exact) mass is 264 g/mol. The van der Waals surface area contributed by atoms with E-state index in [2.05, 4.69) is 37.9 Å². The number of rotatable bonds is 1. The molecule has 0 radical (unpaired) electrons. The highest BCUT2D eigenvalue weighted by atomic mass is 15.2. The molecule has 3 fully saturated rings. The van der Waals surface area contributed by atoms with E-state index in [1.165, 1.54) is 51.9 Å². The van der Waals surface area contributed by atoms with E-state index in [1.807, 2.05) is 0 Å². The number of hydrogen-bond donors (Lipinski definition) is 1. The van der Waals surface area contributed by atoms with E-state index in [-0.39, 0.29) is 0 Å². The molecule has 2 bridgehead atoms. The van der Waals surface area contributed by atoms with Crippen LogP contribution >= 0.6 is 0 Å². The lowest BCUT2D eigenvalue weighted by atomic mass is 9.67. The molecule has 19 heavy (non-hydrogen) atoms. The molecule has 1 saturated heterocycles. The normalized spacial score (nSPS) is 47.1. The zero-order chi connectivity index (χ0) is 13.7. The largest absolute Gasteiger partial charge is 0.316 e. The zero-order valence-electron chi connectivity index (χ0n) is 13.3. The van der Waals surface area contributed by atoms with Crippen molar-refractivity contribution in [3.05, 3.63) is 0 Å². The van der Waals surface area contributed by atoms with Gasteiger partial charge in [0.25, 0.3) is 0 Å². The van der Waals surface area contributed by atoms with Gasteiger partial charge in [0.1, 0.15) is 0 Å². The highest BCUT2D eigenvalue weighted by molar-refractivity contribution is 5.12. The molecule has 2 heteroatoms. The molecule has 4 atom stereocenters. The second-order valence-electron chi connectivity index (χ2n) is 8.48. The maximum Gasteiger partial charge on any atom is 0.0203 e. The summed E-state index contributed by atoms with van der Waals surface area (Å²) in [5.74, 6) is 1.76. The molecule has 1 heterocycles. The van der Waals surface area contributed by atoms with Crippen molar-refractivity contribution in [3.63, 3.8) is 0 Å². The molecule has 2 aliphatic carbocycles. The highest BCUT2D eigenvalue weighted by Crippen LogP contribution is 2.64. The molecule has 1 N–H and O–H groups in total. The molecule has 110 valence electrons. The first kappa shape index (κ1) is 13.9. The lowest BCUT2D eigenvalue weighted by Crippen LogP contribution is -2.55. The summed E-state index contributed by atoms with van der Waals surface area (Å²) < 4.78 is 0. The maximum atomic E-state index is 3.59. The summed E-state index contributed by atoms with van der Waals surface area (Å²) in [6.45, 7) is 15.1. The van der Waals surface area contributed by atoms with Gasteiger partial charge in [0, 0.05) is 12.6 Å². The summed E-state index contributed by atoms with van der Waals surface area (Å²) in [4.78, 5) is 2.88. The molecule has 3 rings (SSSR count). The van der Waals surface area contributed by atoms with Crippen LogP contribution in [-0.4, -0.2) is 37.1 Å². The van der Waals surface area contributed by atoms with Gasteiger partial charge in [0.2, 0.25) is 0 Å². The molecular weight excluding hydrogens is 232 g/mol. The first-order valence-corrected chi connectivity index (χ1v) is 8.38. The van der Waals surface area contributed by atoms with Crippen molar-refractivity contribution >= 4 is 0 Å². The van der Waals surface area contributed by atoms with E-state index in [4.69, 9.17) is 0 Å². The third-order valence-corrected chi connectivity index (χ3v) is 6.40. The van der Waals surface area contributed by atoms with Crippen molar-refractivity contribution in [3.8, 4) is 0 Å². The Morgan fingerprint density at radius 3 is 2.68 bits per heavy atom. The second-order valence-corrected chi connectivity index (χ2v) is 8.48. The van der Waals surface area contributed by atoms with Crippen molar-refractivity contribution in [2.45, 2.75) is 59.4 Å². The average molecular weight is 264 g/mol. The van der Waals surface area contributed by atoms with Crippen LogP contribution in [-0.2, 0) is 0 Å². The minimum absolute atomic E-state index is 0.527. The molecule has 0 aromatic heterocycles. The summed E-state index contributed by atoms with van der Waals surface area (Å²) in [6, 6.07) is 0.819. The van der Waals surface area contributed by atoms with Crippen LogP contribution in [0, 0.1) is 22.7 Å². The molecule has 2 saturated carbocycles. The Morgan fingerprint density at radius 2 is 2.00 bits per heavy atom. The van der Waals surface area contributed by atoms with Crippen LogP contribution in [0.2, 0.25) is 0 Å². The molecule has 4 unspecified atom stereocenters. The molecule has 0 aromatic rings. The van der Waals surface area contributed by atoms with Crippen molar-refractivity contribution in [1.82, 2.24) is 10.2 Å². The van der Waals surface area contributed by atoms with E-state index in [9.17, 15) is 0 Å². The van der Waals surface area contributed by atoms with Gasteiger partial charge in [-0.1, -0.05) is 27.7 Å². The van der Waals surface area contributed by atoms with Crippen LogP contribution in [0.5, 0.6) is 0 Å². The van der Waals surface area contributed by atoms with Gasteiger partial charge < -0.3 is 5.32 Å². The summed E-state index contributed by atoms with van der Waals surface area (Å²) in [7, 11) is 0. The first-order valence-electron chi connectivity index (χ1n) is 8.38. The van der Waals surface area contributed by atoms with Crippen LogP contribution in [0.1, 0.15) is 53.4 Å². The summed E-state index contributed by atoms with van der Waals surface area (Å²) >= 11 is 0. The lowest BCUT2D eigenvalue weighted by molar-refractivity contribution is -0.00681. The second kappa shape index (κ2) is 4.73. The first-order chi connectivity index (χ1) is 8.93. The van der Waals surface area contributed by atoms with Gasteiger partial charge in [0.15, 0.2) is 0 Å². The van der Waals surface area contributed by atoms with Crippen molar-refractivity contribution < 1.29 is 0 Å². The standard InChI is InChI=1S/C17H32N2/c1-13-11-18-8-5-9-19(12-13)15-16(2,3)14-6-7-17(15,4)10-14/h13-15,18H,5-12H2,1-4H3. The van der Waals surface area contributed by atoms with Crippen molar-refractivity contribution in [2.75, 3.05) is 26.2 Å². The highest BCUT2D eigenvalue weighted by Gasteiger charge is 2.60. The molecule has 1 aliphatic heterocycles. The Balaban J connectivity index is 1.82. The summed E-state index contributed by atoms with van der Waals surface area (Å²) in [5.41, 5.74) is 1.12.